The third-order valence-corrected chi connectivity index (χ3v) is 10.1. The van der Waals surface area contributed by atoms with Gasteiger partial charge < -0.3 is 0 Å². The van der Waals surface area contributed by atoms with E-state index in [2.05, 4.69) is 88.4 Å². The minimum atomic E-state index is -1.83. The molecule has 0 aromatic heterocycles. The molecular weight excluding hydrogens is 251 g/mol. The number of rotatable bonds is 3. The van der Waals surface area contributed by atoms with Crippen LogP contribution in [0.15, 0.2) is 60.7 Å². The summed E-state index contributed by atoms with van der Waals surface area (Å²) in [5, 5.41) is 3.23. The molecule has 0 aliphatic heterocycles. The molecule has 0 bridgehead atoms. The Morgan fingerprint density at radius 3 is 1.40 bits per heavy atom. The van der Waals surface area contributed by atoms with Gasteiger partial charge >= 0.3 is 18.9 Å². The molecule has 1 radical (unpaired) electrons. The molecule has 0 nitrogen and oxygen atoms in total. The topological polar surface area (TPSA) is 0 Å². The molecular formula is C18H24LiSi. The molecule has 0 fully saturated rings. The fourth-order valence-electron chi connectivity index (χ4n) is 3.14. The van der Waals surface area contributed by atoms with E-state index in [1.54, 1.807) is 0 Å². The summed E-state index contributed by atoms with van der Waals surface area (Å²) in [6.07, 6.45) is 0. The minimum absolute atomic E-state index is 0. The molecule has 2 aromatic rings. The van der Waals surface area contributed by atoms with Crippen LogP contribution < -0.4 is 10.4 Å². The average Bonchev–Trinajstić information content (AvgIpc) is 2.41. The van der Waals surface area contributed by atoms with Crippen molar-refractivity contribution in [2.24, 2.45) is 0 Å². The van der Waals surface area contributed by atoms with Crippen LogP contribution in [0.25, 0.3) is 0 Å². The standard InChI is InChI=1S/C18H23Si.Li.H/c1-5-19(18(2,3)4,16-12-8-6-9-13-16)17-14-10-7-11-15-17;;/h6-15H,1,5H2,2-4H3;;. The van der Waals surface area contributed by atoms with E-state index in [9.17, 15) is 0 Å². The number of benzene rings is 2. The van der Waals surface area contributed by atoms with Gasteiger partial charge in [0.15, 0.2) is 0 Å². The van der Waals surface area contributed by atoms with E-state index in [1.807, 2.05) is 0 Å². The fraction of sp³-hybridized carbons (Fsp3) is 0.278. The Bertz CT molecular complexity index is 475. The summed E-state index contributed by atoms with van der Waals surface area (Å²) in [5.41, 5.74) is 0. The summed E-state index contributed by atoms with van der Waals surface area (Å²) in [6, 6.07) is 23.0. The second kappa shape index (κ2) is 6.81. The summed E-state index contributed by atoms with van der Waals surface area (Å²) >= 11 is 0. The molecule has 0 aliphatic rings. The molecule has 0 saturated carbocycles. The molecule has 0 amide bonds. The zero-order valence-electron chi connectivity index (χ0n) is 12.2. The van der Waals surface area contributed by atoms with Gasteiger partial charge in [-0.3, -0.25) is 0 Å². The van der Waals surface area contributed by atoms with Gasteiger partial charge in [-0.25, -0.2) is 0 Å². The van der Waals surface area contributed by atoms with Crippen molar-refractivity contribution in [3.63, 3.8) is 0 Å². The Hall–Kier alpha value is -0.746. The second-order valence-corrected chi connectivity index (χ2v) is 11.1. The first kappa shape index (κ1) is 17.3. The van der Waals surface area contributed by atoms with E-state index in [-0.39, 0.29) is 23.9 Å². The molecule has 0 atom stereocenters. The van der Waals surface area contributed by atoms with Crippen molar-refractivity contribution >= 4 is 37.3 Å². The van der Waals surface area contributed by atoms with E-state index in [4.69, 9.17) is 0 Å². The van der Waals surface area contributed by atoms with Crippen molar-refractivity contribution in [2.75, 3.05) is 0 Å². The van der Waals surface area contributed by atoms with Gasteiger partial charge in [0, 0.05) is 0 Å². The van der Waals surface area contributed by atoms with Crippen LogP contribution >= 0.6 is 0 Å². The van der Waals surface area contributed by atoms with E-state index < -0.39 is 8.07 Å². The third kappa shape index (κ3) is 2.96. The first-order valence-corrected chi connectivity index (χ1v) is 9.13. The predicted octanol–water partition coefficient (Wildman–Crippen LogP) is 3.24. The van der Waals surface area contributed by atoms with Crippen molar-refractivity contribution in [2.45, 2.75) is 31.9 Å². The van der Waals surface area contributed by atoms with Gasteiger partial charge in [0.2, 0.25) is 0 Å². The van der Waals surface area contributed by atoms with Crippen LogP contribution in [-0.4, -0.2) is 26.9 Å². The molecule has 0 spiro atoms. The Kier molecular flexibility index (Phi) is 5.89. The summed E-state index contributed by atoms with van der Waals surface area (Å²) in [6.45, 7) is 11.4. The van der Waals surface area contributed by atoms with E-state index >= 15 is 0 Å². The van der Waals surface area contributed by atoms with Crippen molar-refractivity contribution in [1.29, 1.82) is 0 Å². The van der Waals surface area contributed by atoms with Crippen LogP contribution in [0.5, 0.6) is 0 Å². The Morgan fingerprint density at radius 1 is 0.800 bits per heavy atom. The Labute approximate surface area is 136 Å². The van der Waals surface area contributed by atoms with Crippen LogP contribution in [0.1, 0.15) is 20.8 Å². The van der Waals surface area contributed by atoms with Crippen molar-refractivity contribution < 1.29 is 0 Å². The summed E-state index contributed by atoms with van der Waals surface area (Å²) < 4.78 is 0. The van der Waals surface area contributed by atoms with E-state index in [0.29, 0.717) is 0 Å². The molecule has 101 valence electrons. The van der Waals surface area contributed by atoms with Crippen LogP contribution in [0.2, 0.25) is 11.1 Å². The molecule has 0 N–H and O–H groups in total. The van der Waals surface area contributed by atoms with Crippen LogP contribution in [0.3, 0.4) is 0 Å². The molecule has 0 aliphatic carbocycles. The Morgan fingerprint density at radius 2 is 1.15 bits per heavy atom. The van der Waals surface area contributed by atoms with Crippen LogP contribution in [0, 0.1) is 6.92 Å². The number of hydrogen-bond acceptors (Lipinski definition) is 0. The summed E-state index contributed by atoms with van der Waals surface area (Å²) in [4.78, 5) is 0. The van der Waals surface area contributed by atoms with E-state index in [0.717, 1.165) is 6.04 Å². The fourth-order valence-corrected chi connectivity index (χ4v) is 8.06. The van der Waals surface area contributed by atoms with Gasteiger partial charge in [-0.15, -0.1) is 0 Å². The SMILES string of the molecule is [CH2]C[Si](c1ccccc1)(c1ccccc1)C(C)(C)C.[LiH]. The zero-order chi connectivity index (χ0) is 13.9. The monoisotopic (exact) mass is 275 g/mol. The maximum absolute atomic E-state index is 4.34. The quantitative estimate of drug-likeness (QED) is 0.754. The van der Waals surface area contributed by atoms with Gasteiger partial charge in [-0.2, -0.15) is 0 Å². The molecule has 2 aromatic carbocycles. The van der Waals surface area contributed by atoms with Gasteiger partial charge in [0.1, 0.15) is 8.07 Å². The normalized spacial score (nSPS) is 11.8. The van der Waals surface area contributed by atoms with Gasteiger partial charge in [0.05, 0.1) is 0 Å². The summed E-state index contributed by atoms with van der Waals surface area (Å²) in [7, 11) is -1.83. The average molecular weight is 275 g/mol. The van der Waals surface area contributed by atoms with E-state index in [1.165, 1.54) is 10.4 Å². The van der Waals surface area contributed by atoms with Crippen LogP contribution in [-0.2, 0) is 0 Å². The second-order valence-electron chi connectivity index (χ2n) is 6.14. The first-order valence-electron chi connectivity index (χ1n) is 6.92. The molecule has 0 unspecified atom stereocenters. The molecule has 2 rings (SSSR count). The summed E-state index contributed by atoms with van der Waals surface area (Å²) in [5.74, 6) is 0. The molecule has 20 heavy (non-hydrogen) atoms. The zero-order valence-corrected chi connectivity index (χ0v) is 13.2. The van der Waals surface area contributed by atoms with Crippen LogP contribution in [0.4, 0.5) is 0 Å². The van der Waals surface area contributed by atoms with Crippen molar-refractivity contribution in [1.82, 2.24) is 0 Å². The molecule has 0 heterocycles. The van der Waals surface area contributed by atoms with Gasteiger partial charge in [-0.05, 0) is 11.1 Å². The predicted molar refractivity (Wildman–Crippen MR) is 94.9 cm³/mol. The van der Waals surface area contributed by atoms with Crippen molar-refractivity contribution in [3.8, 4) is 0 Å². The van der Waals surface area contributed by atoms with Crippen molar-refractivity contribution in [3.05, 3.63) is 67.6 Å². The molecule has 0 saturated heterocycles. The first-order chi connectivity index (χ1) is 9.02. The maximum atomic E-state index is 4.34. The third-order valence-electron chi connectivity index (χ3n) is 4.19. The van der Waals surface area contributed by atoms with Gasteiger partial charge in [0.25, 0.3) is 0 Å². The Balaban J connectivity index is 0.00000200. The van der Waals surface area contributed by atoms with Gasteiger partial charge in [-0.1, -0.05) is 98.7 Å². The molecule has 2 heteroatoms. The number of hydrogen-bond donors (Lipinski definition) is 0.